The number of halogens is 4. The van der Waals surface area contributed by atoms with Gasteiger partial charge in [-0.15, -0.1) is 0 Å². The molecular weight excluding hydrogens is 437 g/mol. The molecule has 0 spiro atoms. The summed E-state index contributed by atoms with van der Waals surface area (Å²) in [7, 11) is 0. The van der Waals surface area contributed by atoms with Gasteiger partial charge in [0.1, 0.15) is 0 Å². The first-order valence-electron chi connectivity index (χ1n) is 6.63. The van der Waals surface area contributed by atoms with Gasteiger partial charge in [-0.3, -0.25) is 0 Å². The van der Waals surface area contributed by atoms with Crippen LogP contribution in [0.4, 0.5) is 0 Å². The summed E-state index contributed by atoms with van der Waals surface area (Å²) in [6.45, 7) is 2.97. The summed E-state index contributed by atoms with van der Waals surface area (Å²) < 4.78 is 2.13. The number of rotatable bonds is 5. The Balaban J connectivity index is 2.35. The summed E-state index contributed by atoms with van der Waals surface area (Å²) in [5.41, 5.74) is 2.24. The second-order valence-electron chi connectivity index (χ2n) is 4.72. The fourth-order valence-corrected chi connectivity index (χ4v) is 3.53. The Bertz CT molecular complexity index is 632. The van der Waals surface area contributed by atoms with E-state index < -0.39 is 0 Å². The van der Waals surface area contributed by atoms with Crippen molar-refractivity contribution in [1.82, 2.24) is 5.32 Å². The molecule has 1 N–H and O–H groups in total. The van der Waals surface area contributed by atoms with Gasteiger partial charge in [-0.05, 0) is 60.5 Å². The standard InChI is InChI=1S/C16H15Br2Cl2N/c1-2-21-16(13-9-11(17)3-5-14(13)18)8-10-7-12(19)4-6-15(10)20/h3-7,9,16,21H,2,8H2,1H3. The zero-order valence-electron chi connectivity index (χ0n) is 11.5. The molecule has 0 amide bonds. The molecule has 5 heteroatoms. The van der Waals surface area contributed by atoms with Crippen LogP contribution >= 0.6 is 55.1 Å². The number of nitrogens with one attached hydrogen (secondary N) is 1. The lowest BCUT2D eigenvalue weighted by molar-refractivity contribution is 0.548. The number of likely N-dealkylation sites (N-methyl/N-ethyl adjacent to an activating group) is 1. The van der Waals surface area contributed by atoms with Crippen molar-refractivity contribution < 1.29 is 0 Å². The van der Waals surface area contributed by atoms with Gasteiger partial charge in [0.05, 0.1) is 0 Å². The van der Waals surface area contributed by atoms with E-state index >= 15 is 0 Å². The third kappa shape index (κ3) is 4.70. The van der Waals surface area contributed by atoms with E-state index in [1.54, 1.807) is 0 Å². The molecule has 0 aliphatic heterocycles. The smallest absolute Gasteiger partial charge is 0.0439 e. The van der Waals surface area contributed by atoms with Crippen molar-refractivity contribution >= 4 is 55.1 Å². The highest BCUT2D eigenvalue weighted by Crippen LogP contribution is 2.31. The molecular formula is C16H15Br2Cl2N. The van der Waals surface area contributed by atoms with Gasteiger partial charge < -0.3 is 5.32 Å². The van der Waals surface area contributed by atoms with Gasteiger partial charge in [0.2, 0.25) is 0 Å². The molecule has 2 aromatic carbocycles. The second-order valence-corrected chi connectivity index (χ2v) is 7.33. The van der Waals surface area contributed by atoms with Gasteiger partial charge in [0.25, 0.3) is 0 Å². The first-order valence-corrected chi connectivity index (χ1v) is 8.97. The molecule has 1 nitrogen and oxygen atoms in total. The molecule has 0 fully saturated rings. The van der Waals surface area contributed by atoms with E-state index in [9.17, 15) is 0 Å². The van der Waals surface area contributed by atoms with Crippen molar-refractivity contribution in [1.29, 1.82) is 0 Å². The van der Waals surface area contributed by atoms with Gasteiger partial charge in [-0.2, -0.15) is 0 Å². The predicted octanol–water partition coefficient (Wildman–Crippen LogP) is 6.41. The average Bonchev–Trinajstić information content (AvgIpc) is 2.45. The molecule has 0 radical (unpaired) electrons. The maximum Gasteiger partial charge on any atom is 0.0439 e. The van der Waals surface area contributed by atoms with Crippen molar-refractivity contribution in [3.05, 3.63) is 66.5 Å². The Hall–Kier alpha value is -0.0600. The average molecular weight is 452 g/mol. The molecule has 1 atom stereocenters. The maximum absolute atomic E-state index is 6.29. The molecule has 0 aliphatic carbocycles. The van der Waals surface area contributed by atoms with Gasteiger partial charge >= 0.3 is 0 Å². The van der Waals surface area contributed by atoms with Crippen LogP contribution in [0.2, 0.25) is 10.0 Å². The van der Waals surface area contributed by atoms with Crippen LogP contribution < -0.4 is 5.32 Å². The lowest BCUT2D eigenvalue weighted by Gasteiger charge is -2.21. The Morgan fingerprint density at radius 2 is 1.86 bits per heavy atom. The Labute approximate surface area is 152 Å². The van der Waals surface area contributed by atoms with Crippen LogP contribution in [0, 0.1) is 0 Å². The Morgan fingerprint density at radius 1 is 1.10 bits per heavy atom. The first-order chi connectivity index (χ1) is 10.0. The summed E-state index contributed by atoms with van der Waals surface area (Å²) >= 11 is 19.5. The van der Waals surface area contributed by atoms with Gasteiger partial charge in [-0.1, -0.05) is 62.0 Å². The summed E-state index contributed by atoms with van der Waals surface area (Å²) in [5.74, 6) is 0. The van der Waals surface area contributed by atoms with Crippen LogP contribution in [-0.4, -0.2) is 6.54 Å². The summed E-state index contributed by atoms with van der Waals surface area (Å²) in [6.07, 6.45) is 0.780. The minimum atomic E-state index is 0.165. The van der Waals surface area contributed by atoms with Crippen molar-refractivity contribution in [3.63, 3.8) is 0 Å². The van der Waals surface area contributed by atoms with Crippen molar-refractivity contribution in [2.24, 2.45) is 0 Å². The largest absolute Gasteiger partial charge is 0.310 e. The van der Waals surface area contributed by atoms with Crippen LogP contribution in [0.15, 0.2) is 45.3 Å². The lowest BCUT2D eigenvalue weighted by atomic mass is 9.98. The van der Waals surface area contributed by atoms with Crippen LogP contribution in [0.3, 0.4) is 0 Å². The van der Waals surface area contributed by atoms with Gasteiger partial charge in [0, 0.05) is 25.0 Å². The third-order valence-electron chi connectivity index (χ3n) is 3.22. The van der Waals surface area contributed by atoms with E-state index in [1.807, 2.05) is 30.3 Å². The summed E-state index contributed by atoms with van der Waals surface area (Å²) in [5, 5.41) is 4.96. The molecule has 1 unspecified atom stereocenters. The van der Waals surface area contributed by atoms with E-state index in [2.05, 4.69) is 50.2 Å². The molecule has 0 aliphatic rings. The highest BCUT2D eigenvalue weighted by atomic mass is 79.9. The zero-order chi connectivity index (χ0) is 15.4. The SMILES string of the molecule is CCNC(Cc1cc(Cl)ccc1Cl)c1cc(Br)ccc1Br. The Kier molecular flexibility index (Phi) is 6.57. The minimum Gasteiger partial charge on any atom is -0.310 e. The predicted molar refractivity (Wildman–Crippen MR) is 98.4 cm³/mol. The summed E-state index contributed by atoms with van der Waals surface area (Å²) in [4.78, 5) is 0. The molecule has 21 heavy (non-hydrogen) atoms. The zero-order valence-corrected chi connectivity index (χ0v) is 16.2. The third-order valence-corrected chi connectivity index (χ3v) is 5.04. The van der Waals surface area contributed by atoms with Crippen LogP contribution in [0.5, 0.6) is 0 Å². The Morgan fingerprint density at radius 3 is 2.57 bits per heavy atom. The van der Waals surface area contributed by atoms with E-state index in [-0.39, 0.29) is 6.04 Å². The quantitative estimate of drug-likeness (QED) is 0.553. The maximum atomic E-state index is 6.29. The lowest BCUT2D eigenvalue weighted by Crippen LogP contribution is -2.23. The van der Waals surface area contributed by atoms with E-state index in [1.165, 1.54) is 5.56 Å². The van der Waals surface area contributed by atoms with Gasteiger partial charge in [-0.25, -0.2) is 0 Å². The topological polar surface area (TPSA) is 12.0 Å². The molecule has 0 bridgehead atoms. The molecule has 0 aromatic heterocycles. The van der Waals surface area contributed by atoms with E-state index in [0.717, 1.165) is 32.5 Å². The van der Waals surface area contributed by atoms with Crippen molar-refractivity contribution in [3.8, 4) is 0 Å². The second kappa shape index (κ2) is 7.98. The van der Waals surface area contributed by atoms with E-state index in [4.69, 9.17) is 23.2 Å². The van der Waals surface area contributed by atoms with E-state index in [0.29, 0.717) is 5.02 Å². The van der Waals surface area contributed by atoms with Crippen LogP contribution in [-0.2, 0) is 6.42 Å². The normalized spacial score (nSPS) is 12.4. The first kappa shape index (κ1) is 17.3. The fraction of sp³-hybridized carbons (Fsp3) is 0.250. The number of hydrogen-bond acceptors (Lipinski definition) is 1. The molecule has 0 saturated heterocycles. The molecule has 0 heterocycles. The van der Waals surface area contributed by atoms with Crippen molar-refractivity contribution in [2.75, 3.05) is 6.54 Å². The molecule has 112 valence electrons. The molecule has 0 saturated carbocycles. The van der Waals surface area contributed by atoms with Crippen LogP contribution in [0.1, 0.15) is 24.1 Å². The highest BCUT2D eigenvalue weighted by molar-refractivity contribution is 9.11. The number of hydrogen-bond donors (Lipinski definition) is 1. The highest BCUT2D eigenvalue weighted by Gasteiger charge is 2.16. The monoisotopic (exact) mass is 449 g/mol. The van der Waals surface area contributed by atoms with Crippen molar-refractivity contribution in [2.45, 2.75) is 19.4 Å². The molecule has 2 rings (SSSR count). The fourth-order valence-electron chi connectivity index (χ4n) is 2.24. The summed E-state index contributed by atoms with van der Waals surface area (Å²) in [6, 6.07) is 11.9. The van der Waals surface area contributed by atoms with Gasteiger partial charge in [0.15, 0.2) is 0 Å². The number of benzene rings is 2. The molecule has 2 aromatic rings. The van der Waals surface area contributed by atoms with Crippen LogP contribution in [0.25, 0.3) is 0 Å². The minimum absolute atomic E-state index is 0.165.